The van der Waals surface area contributed by atoms with E-state index in [1.807, 2.05) is 6.07 Å². The van der Waals surface area contributed by atoms with Crippen LogP contribution in [0.3, 0.4) is 0 Å². The van der Waals surface area contributed by atoms with Crippen molar-refractivity contribution in [3.63, 3.8) is 0 Å². The Hall–Kier alpha value is -0.621. The quantitative estimate of drug-likeness (QED) is 0.653. The molecule has 5 nitrogen and oxygen atoms in total. The van der Waals surface area contributed by atoms with Crippen LogP contribution in [0.15, 0.2) is 18.2 Å². The molecule has 1 N–H and O–H groups in total. The van der Waals surface area contributed by atoms with Crippen LogP contribution in [0.5, 0.6) is 0 Å². The molecule has 8 heteroatoms. The summed E-state index contributed by atoms with van der Waals surface area (Å²) < 4.78 is 34.4. The number of nitrogens with zero attached hydrogens (tertiary/aromatic N) is 2. The average molecular weight is 339 g/mol. The van der Waals surface area contributed by atoms with Crippen LogP contribution in [0.1, 0.15) is 6.42 Å². The number of rotatable bonds is 5. The van der Waals surface area contributed by atoms with Crippen molar-refractivity contribution in [1.82, 2.24) is 7.96 Å². The second-order valence-electron chi connectivity index (χ2n) is 3.40. The zero-order valence-electron chi connectivity index (χ0n) is 8.76. The van der Waals surface area contributed by atoms with Gasteiger partial charge in [0.15, 0.2) is 0 Å². The molecule has 1 aromatic carbocycles. The van der Waals surface area contributed by atoms with Crippen LogP contribution in [0.25, 0.3) is 11.0 Å². The molecular weight excluding hydrogens is 329 g/mol. The molecule has 17 heavy (non-hydrogen) atoms. The Morgan fingerprint density at radius 2 is 2.18 bits per heavy atom. The second-order valence-corrected chi connectivity index (χ2v) is 6.73. The van der Waals surface area contributed by atoms with Gasteiger partial charge in [-0.1, -0.05) is 0 Å². The molecule has 0 aliphatic rings. The van der Waals surface area contributed by atoms with Gasteiger partial charge >= 0.3 is 111 Å². The van der Waals surface area contributed by atoms with Crippen molar-refractivity contribution in [1.29, 1.82) is 0 Å². The maximum atomic E-state index is 11.7. The van der Waals surface area contributed by atoms with Gasteiger partial charge in [-0.3, -0.25) is 0 Å². The summed E-state index contributed by atoms with van der Waals surface area (Å²) in [5, 5.41) is 0. The number of nitrogens with one attached hydrogen (secondary N) is 1. The van der Waals surface area contributed by atoms with Crippen LogP contribution in [0.4, 0.5) is 5.69 Å². The Kier molecular flexibility index (Phi) is 4.04. The van der Waals surface area contributed by atoms with Gasteiger partial charge in [0.25, 0.3) is 0 Å². The van der Waals surface area contributed by atoms with E-state index < -0.39 is 10.0 Å². The number of alkyl halides is 1. The minimum atomic E-state index is -3.35. The number of aromatic nitrogens is 2. The Balaban J connectivity index is 2.26. The Bertz CT molecular complexity index is 613. The van der Waals surface area contributed by atoms with Gasteiger partial charge in [-0.05, 0) is 0 Å². The van der Waals surface area contributed by atoms with Crippen LogP contribution in [0, 0.1) is 0 Å². The summed E-state index contributed by atoms with van der Waals surface area (Å²) in [5.74, 6) is 0.346. The van der Waals surface area contributed by atoms with Crippen LogP contribution < -0.4 is 4.72 Å². The van der Waals surface area contributed by atoms with Crippen molar-refractivity contribution in [2.45, 2.75) is 6.42 Å². The molecule has 0 bridgehead atoms. The predicted molar refractivity (Wildman–Crippen MR) is 69.2 cm³/mol. The Labute approximate surface area is 110 Å². The fourth-order valence-electron chi connectivity index (χ4n) is 1.35. The number of sulfonamides is 1. The molecule has 2 aromatic rings. The van der Waals surface area contributed by atoms with Gasteiger partial charge in [0, 0.05) is 0 Å². The van der Waals surface area contributed by atoms with Gasteiger partial charge in [0.2, 0.25) is 0 Å². The maximum absolute atomic E-state index is 11.7. The second kappa shape index (κ2) is 5.35. The molecule has 0 amide bonds. The van der Waals surface area contributed by atoms with E-state index in [9.17, 15) is 8.42 Å². The van der Waals surface area contributed by atoms with Crippen molar-refractivity contribution < 1.29 is 8.42 Å². The molecule has 0 atom stereocenters. The van der Waals surface area contributed by atoms with Gasteiger partial charge in [-0.15, -0.1) is 0 Å². The predicted octanol–water partition coefficient (Wildman–Crippen LogP) is 1.06. The normalized spacial score (nSPS) is 11.8. The number of hydrogen-bond donors (Lipinski definition) is 1. The van der Waals surface area contributed by atoms with E-state index >= 15 is 0 Å². The molecule has 0 spiro atoms. The molecule has 0 radical (unpaired) electrons. The van der Waals surface area contributed by atoms with Gasteiger partial charge < -0.3 is 0 Å². The molecule has 0 saturated heterocycles. The third-order valence-electron chi connectivity index (χ3n) is 2.10. The molecule has 92 valence electrons. The molecule has 0 aliphatic heterocycles. The van der Waals surface area contributed by atoms with Crippen molar-refractivity contribution in [2.24, 2.45) is 0 Å². The monoisotopic (exact) mass is 339 g/mol. The number of fused-ring (bicyclic) bond motifs is 1. The fourth-order valence-corrected chi connectivity index (χ4v) is 3.92. The molecule has 0 aliphatic carbocycles. The molecular formula is C9H10ClN3O2SSe. The zero-order chi connectivity index (χ0) is 12.3. The van der Waals surface area contributed by atoms with Crippen molar-refractivity contribution in [3.8, 4) is 0 Å². The van der Waals surface area contributed by atoms with Crippen molar-refractivity contribution >= 4 is 53.3 Å². The van der Waals surface area contributed by atoms with Crippen LogP contribution in [-0.2, 0) is 10.0 Å². The third kappa shape index (κ3) is 3.19. The van der Waals surface area contributed by atoms with E-state index in [0.29, 0.717) is 23.5 Å². The van der Waals surface area contributed by atoms with Gasteiger partial charge in [-0.25, -0.2) is 0 Å². The van der Waals surface area contributed by atoms with Gasteiger partial charge in [0.05, 0.1) is 0 Å². The summed E-state index contributed by atoms with van der Waals surface area (Å²) in [5.41, 5.74) is 1.89. The summed E-state index contributed by atoms with van der Waals surface area (Å²) in [6.07, 6.45) is 0.428. The zero-order valence-corrected chi connectivity index (χ0v) is 12.0. The molecule has 0 unspecified atom stereocenters. The minimum absolute atomic E-state index is 0.0163. The van der Waals surface area contributed by atoms with E-state index in [4.69, 9.17) is 11.6 Å². The Morgan fingerprint density at radius 1 is 1.35 bits per heavy atom. The Morgan fingerprint density at radius 3 is 2.94 bits per heavy atom. The van der Waals surface area contributed by atoms with Crippen molar-refractivity contribution in [3.05, 3.63) is 18.2 Å². The standard InChI is InChI=1S/C9H10ClN3O2SSe/c10-5-2-6-16(14,15)11-7-3-1-4-8-9(7)13-17-12-8/h1,3-4,11H,2,5-6H2. The van der Waals surface area contributed by atoms with Crippen molar-refractivity contribution in [2.75, 3.05) is 16.4 Å². The number of anilines is 1. The first-order valence-corrected chi connectivity index (χ1v) is 8.62. The number of hydrogen-bond acceptors (Lipinski definition) is 4. The molecule has 0 fully saturated rings. The van der Waals surface area contributed by atoms with Crippen LogP contribution in [0.2, 0.25) is 0 Å². The molecule has 2 rings (SSSR count). The van der Waals surface area contributed by atoms with E-state index in [1.54, 1.807) is 12.1 Å². The fraction of sp³-hybridized carbons (Fsp3) is 0.333. The van der Waals surface area contributed by atoms with Crippen LogP contribution >= 0.6 is 11.6 Å². The van der Waals surface area contributed by atoms with Crippen LogP contribution in [-0.4, -0.2) is 43.0 Å². The summed E-state index contributed by atoms with van der Waals surface area (Å²) >= 11 is 5.31. The SMILES string of the molecule is O=S(=O)(CCCCl)Nc1cccc2n[se]nc12. The first-order valence-electron chi connectivity index (χ1n) is 4.90. The summed E-state index contributed by atoms with van der Waals surface area (Å²) in [4.78, 5) is 0. The van der Waals surface area contributed by atoms with Gasteiger partial charge in [0.1, 0.15) is 0 Å². The molecule has 0 saturated carbocycles. The summed E-state index contributed by atoms with van der Waals surface area (Å²) in [6, 6.07) is 5.28. The van der Waals surface area contributed by atoms with E-state index in [-0.39, 0.29) is 20.7 Å². The topological polar surface area (TPSA) is 72.0 Å². The first kappa shape index (κ1) is 12.8. The molecule has 1 heterocycles. The molecule has 1 aromatic heterocycles. The first-order chi connectivity index (χ1) is 8.12. The van der Waals surface area contributed by atoms with E-state index in [2.05, 4.69) is 12.7 Å². The number of halogens is 1. The average Bonchev–Trinajstić information content (AvgIpc) is 2.75. The van der Waals surface area contributed by atoms with Gasteiger partial charge in [-0.2, -0.15) is 0 Å². The van der Waals surface area contributed by atoms with E-state index in [1.165, 1.54) is 0 Å². The number of benzene rings is 1. The van der Waals surface area contributed by atoms with E-state index in [0.717, 1.165) is 5.52 Å². The summed E-state index contributed by atoms with van der Waals surface area (Å²) in [7, 11) is -3.35. The third-order valence-corrected chi connectivity index (χ3v) is 4.86. The summed E-state index contributed by atoms with van der Waals surface area (Å²) in [6.45, 7) is 0.